The van der Waals surface area contributed by atoms with Crippen molar-refractivity contribution in [3.63, 3.8) is 0 Å². The Labute approximate surface area is 184 Å². The highest BCUT2D eigenvalue weighted by Gasteiger charge is 2.20. The summed E-state index contributed by atoms with van der Waals surface area (Å²) in [5.41, 5.74) is 4.42. The highest BCUT2D eigenvalue weighted by atomic mass is 35.5. The van der Waals surface area contributed by atoms with Crippen molar-refractivity contribution in [1.82, 2.24) is 24.1 Å². The fraction of sp³-hybridized carbons (Fsp3) is 0.250. The molecule has 0 atom stereocenters. The molecule has 3 heterocycles. The first-order valence-electron chi connectivity index (χ1n) is 10.5. The van der Waals surface area contributed by atoms with Crippen molar-refractivity contribution in [2.45, 2.75) is 39.3 Å². The van der Waals surface area contributed by atoms with Crippen LogP contribution >= 0.6 is 11.6 Å². The SMILES string of the molecule is CCCCCn1cnc2c(c1=O)c1nc3ccccc3nc1n2Cc1ccc(Cl)cc1. The van der Waals surface area contributed by atoms with E-state index >= 15 is 0 Å². The Bertz CT molecular complexity index is 1450. The van der Waals surface area contributed by atoms with Crippen LogP contribution in [0.25, 0.3) is 33.2 Å². The number of para-hydroxylation sites is 2. The van der Waals surface area contributed by atoms with E-state index in [1.165, 1.54) is 0 Å². The van der Waals surface area contributed by atoms with E-state index in [0.717, 1.165) is 35.9 Å². The smallest absolute Gasteiger partial charge is 0.265 e. The van der Waals surface area contributed by atoms with Crippen molar-refractivity contribution in [3.05, 3.63) is 75.8 Å². The van der Waals surface area contributed by atoms with E-state index in [2.05, 4.69) is 11.9 Å². The Kier molecular flexibility index (Phi) is 5.16. The Balaban J connectivity index is 1.76. The first-order valence-corrected chi connectivity index (χ1v) is 10.9. The Morgan fingerprint density at radius 1 is 0.935 bits per heavy atom. The van der Waals surface area contributed by atoms with E-state index in [-0.39, 0.29) is 5.56 Å². The molecule has 0 amide bonds. The van der Waals surface area contributed by atoms with E-state index in [1.54, 1.807) is 10.9 Å². The largest absolute Gasteiger partial charge is 0.304 e. The van der Waals surface area contributed by atoms with Crippen molar-refractivity contribution in [1.29, 1.82) is 0 Å². The Hall–Kier alpha value is -3.25. The zero-order valence-electron chi connectivity index (χ0n) is 17.3. The van der Waals surface area contributed by atoms with Crippen LogP contribution < -0.4 is 5.56 Å². The third kappa shape index (κ3) is 3.57. The van der Waals surface area contributed by atoms with E-state index < -0.39 is 0 Å². The summed E-state index contributed by atoms with van der Waals surface area (Å²) in [6.07, 6.45) is 4.77. The van der Waals surface area contributed by atoms with Crippen LogP contribution in [0.1, 0.15) is 31.7 Å². The van der Waals surface area contributed by atoms with Gasteiger partial charge in [-0.15, -0.1) is 0 Å². The summed E-state index contributed by atoms with van der Waals surface area (Å²) in [6.45, 7) is 3.33. The third-order valence-electron chi connectivity index (χ3n) is 5.57. The molecule has 5 aromatic rings. The van der Waals surface area contributed by atoms with Gasteiger partial charge in [0.05, 0.1) is 23.9 Å². The van der Waals surface area contributed by atoms with Crippen LogP contribution in [-0.4, -0.2) is 24.1 Å². The summed E-state index contributed by atoms with van der Waals surface area (Å²) in [7, 11) is 0. The number of hydrogen-bond acceptors (Lipinski definition) is 4. The predicted octanol–water partition coefficient (Wildman–Crippen LogP) is 5.19. The monoisotopic (exact) mass is 431 g/mol. The number of hydrogen-bond donors (Lipinski definition) is 0. The molecule has 0 bridgehead atoms. The highest BCUT2D eigenvalue weighted by molar-refractivity contribution is 6.30. The van der Waals surface area contributed by atoms with Crippen molar-refractivity contribution in [3.8, 4) is 0 Å². The second-order valence-corrected chi connectivity index (χ2v) is 8.18. The minimum Gasteiger partial charge on any atom is -0.304 e. The van der Waals surface area contributed by atoms with Gasteiger partial charge in [0, 0.05) is 11.6 Å². The number of nitrogens with zero attached hydrogens (tertiary/aromatic N) is 5. The molecule has 0 aliphatic rings. The maximum Gasteiger partial charge on any atom is 0.265 e. The summed E-state index contributed by atoms with van der Waals surface area (Å²) < 4.78 is 3.67. The first kappa shape index (κ1) is 19.7. The second kappa shape index (κ2) is 8.12. The zero-order chi connectivity index (χ0) is 21.4. The van der Waals surface area contributed by atoms with Gasteiger partial charge in [-0.05, 0) is 36.2 Å². The summed E-state index contributed by atoms with van der Waals surface area (Å²) >= 11 is 6.05. The fourth-order valence-electron chi connectivity index (χ4n) is 3.95. The first-order chi connectivity index (χ1) is 15.2. The van der Waals surface area contributed by atoms with Gasteiger partial charge in [-0.1, -0.05) is 55.6 Å². The van der Waals surface area contributed by atoms with E-state index in [0.29, 0.717) is 40.3 Å². The third-order valence-corrected chi connectivity index (χ3v) is 5.83. The Morgan fingerprint density at radius 3 is 2.42 bits per heavy atom. The van der Waals surface area contributed by atoms with Crippen LogP contribution in [-0.2, 0) is 13.1 Å². The van der Waals surface area contributed by atoms with E-state index in [1.807, 2.05) is 53.1 Å². The van der Waals surface area contributed by atoms with Crippen LogP contribution in [0.3, 0.4) is 0 Å². The maximum absolute atomic E-state index is 13.4. The lowest BCUT2D eigenvalue weighted by Crippen LogP contribution is -2.21. The fourth-order valence-corrected chi connectivity index (χ4v) is 4.08. The standard InChI is InChI=1S/C24H22ClN5O/c1-2-3-6-13-29-15-26-22-20(24(29)31)21-23(28-19-8-5-4-7-18(19)27-21)30(22)14-16-9-11-17(25)12-10-16/h4-5,7-12,15H,2-3,6,13-14H2,1H3. The van der Waals surface area contributed by atoms with E-state index in [4.69, 9.17) is 21.6 Å². The molecule has 0 saturated carbocycles. The molecule has 3 aromatic heterocycles. The van der Waals surface area contributed by atoms with Gasteiger partial charge >= 0.3 is 0 Å². The number of benzene rings is 2. The second-order valence-electron chi connectivity index (χ2n) is 7.75. The normalized spacial score (nSPS) is 11.7. The predicted molar refractivity (Wildman–Crippen MR) is 125 cm³/mol. The quantitative estimate of drug-likeness (QED) is 0.347. The van der Waals surface area contributed by atoms with Gasteiger partial charge in [0.25, 0.3) is 5.56 Å². The van der Waals surface area contributed by atoms with Crippen LogP contribution in [0, 0.1) is 0 Å². The van der Waals surface area contributed by atoms with Gasteiger partial charge in [-0.2, -0.15) is 0 Å². The molecule has 31 heavy (non-hydrogen) atoms. The average molecular weight is 432 g/mol. The molecule has 0 N–H and O–H groups in total. The number of aryl methyl sites for hydroxylation is 1. The van der Waals surface area contributed by atoms with Crippen LogP contribution in [0.5, 0.6) is 0 Å². The average Bonchev–Trinajstić information content (AvgIpc) is 3.08. The molecule has 0 aliphatic carbocycles. The lowest BCUT2D eigenvalue weighted by Gasteiger charge is -2.08. The number of aromatic nitrogens is 5. The molecule has 0 radical (unpaired) electrons. The van der Waals surface area contributed by atoms with Crippen LogP contribution in [0.4, 0.5) is 0 Å². The lowest BCUT2D eigenvalue weighted by molar-refractivity contribution is 0.583. The molecule has 0 saturated heterocycles. The summed E-state index contributed by atoms with van der Waals surface area (Å²) in [5, 5.41) is 1.21. The molecule has 6 nitrogen and oxygen atoms in total. The van der Waals surface area contributed by atoms with Crippen LogP contribution in [0.15, 0.2) is 59.7 Å². The number of halogens is 1. The molecule has 0 spiro atoms. The minimum atomic E-state index is -0.0643. The molecular formula is C24H22ClN5O. The molecule has 0 fully saturated rings. The molecular weight excluding hydrogens is 410 g/mol. The minimum absolute atomic E-state index is 0.0643. The maximum atomic E-state index is 13.4. The lowest BCUT2D eigenvalue weighted by atomic mass is 10.2. The van der Waals surface area contributed by atoms with Crippen molar-refractivity contribution in [2.75, 3.05) is 0 Å². The Morgan fingerprint density at radius 2 is 1.68 bits per heavy atom. The van der Waals surface area contributed by atoms with Crippen molar-refractivity contribution in [2.24, 2.45) is 0 Å². The number of rotatable bonds is 6. The molecule has 0 aliphatic heterocycles. The number of fused-ring (bicyclic) bond motifs is 4. The van der Waals surface area contributed by atoms with E-state index in [9.17, 15) is 4.79 Å². The van der Waals surface area contributed by atoms with Gasteiger partial charge in [-0.3, -0.25) is 9.36 Å². The van der Waals surface area contributed by atoms with Gasteiger partial charge in [0.1, 0.15) is 10.9 Å². The highest BCUT2D eigenvalue weighted by Crippen LogP contribution is 2.26. The van der Waals surface area contributed by atoms with Crippen molar-refractivity contribution >= 4 is 44.8 Å². The summed E-state index contributed by atoms with van der Waals surface area (Å²) in [6, 6.07) is 15.4. The molecule has 2 aromatic carbocycles. The zero-order valence-corrected chi connectivity index (χ0v) is 18.0. The molecule has 5 rings (SSSR count). The molecule has 156 valence electrons. The summed E-state index contributed by atoms with van der Waals surface area (Å²) in [5.74, 6) is 0. The van der Waals surface area contributed by atoms with Crippen LogP contribution in [0.2, 0.25) is 5.02 Å². The van der Waals surface area contributed by atoms with Crippen molar-refractivity contribution < 1.29 is 0 Å². The van der Waals surface area contributed by atoms with Gasteiger partial charge in [-0.25, -0.2) is 15.0 Å². The summed E-state index contributed by atoms with van der Waals surface area (Å²) in [4.78, 5) is 27.8. The molecule has 7 heteroatoms. The topological polar surface area (TPSA) is 65.6 Å². The molecule has 0 unspecified atom stereocenters. The van der Waals surface area contributed by atoms with Gasteiger partial charge < -0.3 is 4.57 Å². The number of unbranched alkanes of at least 4 members (excludes halogenated alkanes) is 2. The van der Waals surface area contributed by atoms with Gasteiger partial charge in [0.2, 0.25) is 0 Å². The van der Waals surface area contributed by atoms with Gasteiger partial charge in [0.15, 0.2) is 11.3 Å².